The second-order valence-electron chi connectivity index (χ2n) is 28.1. The lowest BCUT2D eigenvalue weighted by Gasteiger charge is -2.56. The standard InChI is InChI=1S/C68H84O29/c1-9-11-27-56(92-33-14-12-29(69)21(3)88-33)53(80)57(93-35-19-31(71)46(73)23(5)90-35)28-18-25-17-26-38(48(75)37(25)63(82)67(27,28)84)58-44(61(87-8)55(26)86-7)42-49(76)39-40(52(79)60(42)96-58)50(77)41-43(51(39)78)64(83)68(85)45-59(41)97-66(68,16-10-2)65(95-34-15-13-30(70)22(4)89-34)54(81)62(45)94-36-20-32(72)47(74)24(6)91-36/h17,21-24,27-36,45-47,53-54,56-57,59,62,65,69-74,77,80-85H,9-16,18-20H2,1-8H3/t21-,22-,23-,24+,27-,28-,29+,30+,31-,32+,33+,34+,35-,36-,45+,46-,47-,53+,54+,56-,57+,59-,62-,65-,66-,67-,68+/m1/s1. The van der Waals surface area contributed by atoms with Gasteiger partial charge in [-0.05, 0) is 71.4 Å². The van der Waals surface area contributed by atoms with E-state index < -0.39 is 256 Å². The highest BCUT2D eigenvalue weighted by molar-refractivity contribution is 6.20. The normalized spacial score (nSPS) is 41.9. The summed E-state index contributed by atoms with van der Waals surface area (Å²) in [6.45, 7) is 9.70. The minimum absolute atomic E-state index is 0.0543. The lowest BCUT2D eigenvalue weighted by Crippen LogP contribution is -2.75. The van der Waals surface area contributed by atoms with E-state index in [0.717, 1.165) is 0 Å². The van der Waals surface area contributed by atoms with Gasteiger partial charge in [-0.25, -0.2) is 0 Å². The summed E-state index contributed by atoms with van der Waals surface area (Å²) in [7, 11) is 2.39. The molecule has 5 saturated heterocycles. The Bertz CT molecular complexity index is 4360. The first-order valence-electron chi connectivity index (χ1n) is 33.5. The Balaban J connectivity index is 0.974. The topological polar surface area (TPSA) is 446 Å². The zero-order valence-electron chi connectivity index (χ0n) is 54.6. The predicted molar refractivity (Wildman–Crippen MR) is 333 cm³/mol. The molecule has 1 aromatic heterocycles. The highest BCUT2D eigenvalue weighted by Crippen LogP contribution is 2.66. The first-order valence-corrected chi connectivity index (χ1v) is 33.5. The fourth-order valence-corrected chi connectivity index (χ4v) is 18.0. The average Bonchev–Trinajstić information content (AvgIpc) is 1.52. The Kier molecular flexibility index (Phi) is 17.4. The molecule has 0 spiro atoms. The van der Waals surface area contributed by atoms with Crippen molar-refractivity contribution in [3.63, 3.8) is 0 Å². The van der Waals surface area contributed by atoms with Crippen molar-refractivity contribution >= 4 is 44.2 Å². The van der Waals surface area contributed by atoms with Crippen LogP contribution in [0.25, 0.3) is 44.2 Å². The number of hydrogen-bond donors (Lipinski definition) is 13. The molecule has 13 N–H and O–H groups in total. The monoisotopic (exact) mass is 1360 g/mol. The first-order chi connectivity index (χ1) is 46.0. The number of aromatic hydroxyl groups is 1. The number of methoxy groups -OCH3 is 2. The quantitative estimate of drug-likeness (QED) is 0.0628. The molecule has 7 fully saturated rings. The van der Waals surface area contributed by atoms with Crippen LogP contribution in [0.4, 0.5) is 0 Å². The fourth-order valence-electron chi connectivity index (χ4n) is 18.0. The second kappa shape index (κ2) is 24.6. The molecule has 27 atom stereocenters. The van der Waals surface area contributed by atoms with Crippen molar-refractivity contribution in [2.45, 2.75) is 258 Å². The third-order valence-electron chi connectivity index (χ3n) is 22.7. The summed E-state index contributed by atoms with van der Waals surface area (Å²) in [6, 6.07) is 1.43. The van der Waals surface area contributed by atoms with E-state index in [4.69, 9.17) is 56.5 Å². The minimum Gasteiger partial charge on any atom is -0.508 e. The van der Waals surface area contributed by atoms with Crippen LogP contribution in [0, 0.1) is 28.2 Å². The van der Waals surface area contributed by atoms with Crippen molar-refractivity contribution in [3.8, 4) is 17.2 Å². The molecule has 3 aromatic rings. The van der Waals surface area contributed by atoms with Crippen molar-refractivity contribution in [1.29, 1.82) is 0 Å². The molecule has 0 amide bonds. The SMILES string of the molecule is CCC[C@@H]1[C@@H](O[C@H]2CC[C@H](O)[C@@H](C)O2)[C@H](O)[C@@H](O[C@@H]2C[C@@H](O)[C@H](O)[C@@H](C)O2)[C@H]2Cc3cc4c(OC)c(OC)c5c(oc6c(=O)c7c(O)c8c(c(=O)c=7c(=O)c65)=C(O)[C@@]5(O)[C@@H]6[C@@H](O[C@@H]7C[C@H](O)[C@H](O)[C@H](C)O7)[C@H](O)[C@@H](O[C@H]7CC[C@H](O)[C@@H](C)O7)[C@@]5(CCC)O[C@H]86)c4c(=O)c3=C(O)[C@]21O. The molecule has 14 rings (SSSR count). The van der Waals surface area contributed by atoms with Gasteiger partial charge in [-0.15, -0.1) is 0 Å². The minimum atomic E-state index is -2.84. The molecular formula is C68H84O29. The predicted octanol–water partition coefficient (Wildman–Crippen LogP) is -1.10. The summed E-state index contributed by atoms with van der Waals surface area (Å²) in [5, 5.41) is 151. The van der Waals surface area contributed by atoms with Crippen LogP contribution in [-0.4, -0.2) is 220 Å². The van der Waals surface area contributed by atoms with E-state index in [2.05, 4.69) is 0 Å². The number of benzene rings is 2. The van der Waals surface area contributed by atoms with Gasteiger partial charge in [0.1, 0.15) is 59.0 Å². The van der Waals surface area contributed by atoms with Crippen LogP contribution >= 0.6 is 0 Å². The lowest BCUT2D eigenvalue weighted by atomic mass is 9.58. The summed E-state index contributed by atoms with van der Waals surface area (Å²) >= 11 is 0. The van der Waals surface area contributed by atoms with Crippen molar-refractivity contribution < 1.29 is 123 Å². The van der Waals surface area contributed by atoms with Gasteiger partial charge in [-0.1, -0.05) is 26.7 Å². The maximum absolute atomic E-state index is 16.0. The summed E-state index contributed by atoms with van der Waals surface area (Å²) in [6.07, 6.45) is -27.3. The number of aliphatic hydroxyl groups excluding tert-OH is 10. The van der Waals surface area contributed by atoms with Crippen LogP contribution in [0.5, 0.6) is 17.2 Å². The first kappa shape index (κ1) is 68.5. The van der Waals surface area contributed by atoms with Gasteiger partial charge in [0.05, 0.1) is 130 Å². The van der Waals surface area contributed by atoms with E-state index in [9.17, 15) is 66.4 Å². The van der Waals surface area contributed by atoms with Crippen LogP contribution in [0.3, 0.4) is 0 Å². The second-order valence-corrected chi connectivity index (χ2v) is 28.1. The van der Waals surface area contributed by atoms with E-state index in [1.54, 1.807) is 27.7 Å². The van der Waals surface area contributed by atoms with Crippen LogP contribution in [-0.2, 0) is 49.1 Å². The molecule has 29 nitrogen and oxygen atoms in total. The van der Waals surface area contributed by atoms with Crippen molar-refractivity contribution in [2.75, 3.05) is 14.2 Å². The Morgan fingerprint density at radius 2 is 1.11 bits per heavy atom. The molecule has 29 heteroatoms. The fraction of sp³-hybridized carbons (Fsp3) is 0.676. The number of fused-ring (bicyclic) bond motifs is 9. The van der Waals surface area contributed by atoms with E-state index >= 15 is 19.2 Å². The van der Waals surface area contributed by atoms with Gasteiger partial charge in [0, 0.05) is 48.5 Å². The van der Waals surface area contributed by atoms with E-state index in [1.807, 2.05) is 0 Å². The van der Waals surface area contributed by atoms with Crippen molar-refractivity contribution in [2.24, 2.45) is 17.8 Å². The molecule has 530 valence electrons. The zero-order chi connectivity index (χ0) is 69.5. The van der Waals surface area contributed by atoms with Gasteiger partial charge in [0.15, 0.2) is 53.4 Å². The van der Waals surface area contributed by atoms with Gasteiger partial charge >= 0.3 is 0 Å². The average molecular weight is 1370 g/mol. The molecule has 2 saturated carbocycles. The zero-order valence-corrected chi connectivity index (χ0v) is 54.6. The van der Waals surface area contributed by atoms with E-state index in [-0.39, 0.29) is 86.7 Å². The summed E-state index contributed by atoms with van der Waals surface area (Å²) in [4.78, 5) is 63.0. The molecule has 97 heavy (non-hydrogen) atoms. The lowest BCUT2D eigenvalue weighted by molar-refractivity contribution is -0.333. The third kappa shape index (κ3) is 9.73. The number of furan rings is 1. The van der Waals surface area contributed by atoms with Crippen molar-refractivity contribution in [1.82, 2.24) is 0 Å². The summed E-state index contributed by atoms with van der Waals surface area (Å²) in [5.74, 6) is -7.99. The Labute approximate surface area is 551 Å². The van der Waals surface area contributed by atoms with Gasteiger partial charge in [-0.3, -0.25) is 19.2 Å². The van der Waals surface area contributed by atoms with E-state index in [1.165, 1.54) is 34.1 Å². The molecule has 2 aromatic carbocycles. The molecule has 5 aliphatic heterocycles. The van der Waals surface area contributed by atoms with Crippen LogP contribution in [0.2, 0.25) is 0 Å². The number of hydrogen-bond acceptors (Lipinski definition) is 29. The maximum Gasteiger partial charge on any atom is 0.233 e. The number of rotatable bonds is 14. The van der Waals surface area contributed by atoms with Crippen LogP contribution in [0.1, 0.15) is 123 Å². The molecule has 6 heterocycles. The molecule has 11 aliphatic rings. The van der Waals surface area contributed by atoms with Gasteiger partial charge in [-0.2, -0.15) is 0 Å². The number of ether oxygens (including phenoxy) is 11. The largest absolute Gasteiger partial charge is 0.508 e. The molecule has 0 radical (unpaired) electrons. The molecule has 6 aliphatic carbocycles. The summed E-state index contributed by atoms with van der Waals surface area (Å²) in [5.41, 5.74) is -14.5. The number of aliphatic hydroxyl groups is 12. The van der Waals surface area contributed by atoms with E-state index in [0.29, 0.717) is 6.42 Å². The maximum atomic E-state index is 16.0. The molecule has 0 unspecified atom stereocenters. The van der Waals surface area contributed by atoms with Gasteiger partial charge < -0.3 is 123 Å². The smallest absolute Gasteiger partial charge is 0.233 e. The molecular weight excluding hydrogens is 1280 g/mol. The van der Waals surface area contributed by atoms with Gasteiger partial charge in [0.25, 0.3) is 0 Å². The van der Waals surface area contributed by atoms with Crippen LogP contribution in [0.15, 0.2) is 29.7 Å². The van der Waals surface area contributed by atoms with Crippen LogP contribution < -0.4 is 41.6 Å². The summed E-state index contributed by atoms with van der Waals surface area (Å²) < 4.78 is 75.4. The third-order valence-corrected chi connectivity index (χ3v) is 22.7. The highest BCUT2D eigenvalue weighted by atomic mass is 16.7. The highest BCUT2D eigenvalue weighted by Gasteiger charge is 2.80. The Morgan fingerprint density at radius 1 is 0.546 bits per heavy atom. The molecule has 4 bridgehead atoms. The van der Waals surface area contributed by atoms with Gasteiger partial charge in [0.2, 0.25) is 21.7 Å². The Morgan fingerprint density at radius 3 is 1.68 bits per heavy atom. The van der Waals surface area contributed by atoms with Crippen molar-refractivity contribution in [3.05, 3.63) is 79.0 Å². The Hall–Kier alpha value is -5.62.